The molecule has 3 aromatic rings. The van der Waals surface area contributed by atoms with Gasteiger partial charge in [-0.1, -0.05) is 73.9 Å². The predicted molar refractivity (Wildman–Crippen MR) is 159 cm³/mol. The van der Waals surface area contributed by atoms with Crippen LogP contribution in [0.25, 0.3) is 6.08 Å². The standard InChI is InChI=1S/C30H32Cl2N2O5S/c1-6-7-12-38-23-11-9-20(15-24(23)37-5)27-26(29(36)39-16-17(2)3)18(4)33-30-34(27)28(35)25(40-30)14-19-8-10-21(31)22(32)13-19/h8-11,13-15,17,27H,6-7,12,16H2,1-5H3. The summed E-state index contributed by atoms with van der Waals surface area (Å²) in [7, 11) is 1.56. The molecule has 0 N–H and O–H groups in total. The van der Waals surface area contributed by atoms with Crippen molar-refractivity contribution in [1.82, 2.24) is 4.57 Å². The van der Waals surface area contributed by atoms with Crippen LogP contribution in [0.15, 0.2) is 57.5 Å². The van der Waals surface area contributed by atoms with Crippen molar-refractivity contribution in [3.8, 4) is 11.5 Å². The van der Waals surface area contributed by atoms with E-state index in [2.05, 4.69) is 11.9 Å². The number of esters is 1. The molecule has 0 aliphatic carbocycles. The quantitative estimate of drug-likeness (QED) is 0.212. The van der Waals surface area contributed by atoms with Gasteiger partial charge in [0.2, 0.25) is 0 Å². The summed E-state index contributed by atoms with van der Waals surface area (Å²) in [6.07, 6.45) is 3.66. The van der Waals surface area contributed by atoms with Crippen LogP contribution in [0.1, 0.15) is 57.7 Å². The zero-order valence-electron chi connectivity index (χ0n) is 23.1. The highest BCUT2D eigenvalue weighted by atomic mass is 35.5. The van der Waals surface area contributed by atoms with E-state index in [1.165, 1.54) is 11.3 Å². The lowest BCUT2D eigenvalue weighted by Crippen LogP contribution is -2.40. The Morgan fingerprint density at radius 1 is 1.15 bits per heavy atom. The molecule has 0 spiro atoms. The van der Waals surface area contributed by atoms with Crippen LogP contribution in [0.3, 0.4) is 0 Å². The molecule has 0 fully saturated rings. The fraction of sp³-hybridized carbons (Fsp3) is 0.367. The van der Waals surface area contributed by atoms with Crippen LogP contribution in [0, 0.1) is 5.92 Å². The molecule has 212 valence electrons. The maximum absolute atomic E-state index is 13.9. The normalized spacial score (nSPS) is 15.2. The minimum absolute atomic E-state index is 0.148. The number of aromatic nitrogens is 1. The topological polar surface area (TPSA) is 79.1 Å². The summed E-state index contributed by atoms with van der Waals surface area (Å²) in [4.78, 5) is 32.4. The Balaban J connectivity index is 1.88. The Kier molecular flexibility index (Phi) is 9.77. The molecular weight excluding hydrogens is 571 g/mol. The van der Waals surface area contributed by atoms with Crippen LogP contribution < -0.4 is 24.4 Å². The summed E-state index contributed by atoms with van der Waals surface area (Å²) in [5, 5.41) is 0.817. The zero-order valence-corrected chi connectivity index (χ0v) is 25.5. The Labute approximate surface area is 247 Å². The molecule has 1 aliphatic rings. The third-order valence-corrected chi connectivity index (χ3v) is 8.01. The van der Waals surface area contributed by atoms with Crippen molar-refractivity contribution in [1.29, 1.82) is 0 Å². The number of hydrogen-bond acceptors (Lipinski definition) is 7. The Bertz CT molecular complexity index is 1620. The smallest absolute Gasteiger partial charge is 0.338 e. The van der Waals surface area contributed by atoms with Crippen LogP contribution in [0.5, 0.6) is 11.5 Å². The molecule has 1 atom stereocenters. The lowest BCUT2D eigenvalue weighted by atomic mass is 9.95. The lowest BCUT2D eigenvalue weighted by Gasteiger charge is -2.25. The van der Waals surface area contributed by atoms with Crippen molar-refractivity contribution in [2.45, 2.75) is 46.6 Å². The fourth-order valence-electron chi connectivity index (χ4n) is 4.27. The summed E-state index contributed by atoms with van der Waals surface area (Å²) in [6, 6.07) is 9.84. The van der Waals surface area contributed by atoms with Crippen molar-refractivity contribution in [3.63, 3.8) is 0 Å². The molecule has 10 heteroatoms. The minimum atomic E-state index is -0.773. The molecule has 0 saturated heterocycles. The number of allylic oxidation sites excluding steroid dienone is 1. The first-order chi connectivity index (χ1) is 19.1. The van der Waals surface area contributed by atoms with Crippen LogP contribution in [-0.4, -0.2) is 30.9 Å². The number of carbonyl (C=O) groups is 1. The van der Waals surface area contributed by atoms with E-state index in [1.54, 1.807) is 48.9 Å². The minimum Gasteiger partial charge on any atom is -0.493 e. The molecule has 40 heavy (non-hydrogen) atoms. The van der Waals surface area contributed by atoms with E-state index < -0.39 is 12.0 Å². The third-order valence-electron chi connectivity index (χ3n) is 6.29. The van der Waals surface area contributed by atoms with Gasteiger partial charge in [-0.3, -0.25) is 9.36 Å². The summed E-state index contributed by atoms with van der Waals surface area (Å²) < 4.78 is 19.2. The number of ether oxygens (including phenoxy) is 3. The number of thiazole rings is 1. The molecule has 1 unspecified atom stereocenters. The van der Waals surface area contributed by atoms with Crippen molar-refractivity contribution in [2.24, 2.45) is 10.9 Å². The number of carbonyl (C=O) groups excluding carboxylic acids is 1. The average Bonchev–Trinajstić information content (AvgIpc) is 3.22. The number of methoxy groups -OCH3 is 1. The molecule has 0 radical (unpaired) electrons. The number of hydrogen-bond donors (Lipinski definition) is 0. The number of fused-ring (bicyclic) bond motifs is 1. The summed E-state index contributed by atoms with van der Waals surface area (Å²) in [6.45, 7) is 8.59. The van der Waals surface area contributed by atoms with Crippen molar-refractivity contribution in [2.75, 3.05) is 20.3 Å². The van der Waals surface area contributed by atoms with Gasteiger partial charge >= 0.3 is 5.97 Å². The summed E-state index contributed by atoms with van der Waals surface area (Å²) >= 11 is 13.5. The second-order valence-electron chi connectivity index (χ2n) is 9.86. The fourth-order valence-corrected chi connectivity index (χ4v) is 5.62. The van der Waals surface area contributed by atoms with Gasteiger partial charge in [0.25, 0.3) is 5.56 Å². The van der Waals surface area contributed by atoms with E-state index in [0.717, 1.165) is 18.4 Å². The van der Waals surface area contributed by atoms with E-state index in [1.807, 2.05) is 26.0 Å². The second-order valence-corrected chi connectivity index (χ2v) is 11.7. The molecule has 0 amide bonds. The number of benzene rings is 2. The molecule has 2 aromatic carbocycles. The second kappa shape index (κ2) is 13.1. The number of rotatable bonds is 10. The lowest BCUT2D eigenvalue weighted by molar-refractivity contribution is -0.140. The number of halogens is 2. The molecule has 1 aliphatic heterocycles. The SMILES string of the molecule is CCCCOc1ccc(C2C(C(=O)OCC(C)C)=C(C)N=c3sc(=Cc4ccc(Cl)c(Cl)c4)c(=O)n32)cc1OC. The van der Waals surface area contributed by atoms with Gasteiger partial charge in [-0.05, 0) is 60.7 Å². The van der Waals surface area contributed by atoms with Gasteiger partial charge in [0, 0.05) is 0 Å². The zero-order chi connectivity index (χ0) is 29.0. The first kappa shape index (κ1) is 29.9. The van der Waals surface area contributed by atoms with Gasteiger partial charge in [0.15, 0.2) is 16.3 Å². The van der Waals surface area contributed by atoms with Gasteiger partial charge in [0.1, 0.15) is 0 Å². The Hall–Kier alpha value is -3.07. The van der Waals surface area contributed by atoms with E-state index >= 15 is 0 Å². The Morgan fingerprint density at radius 2 is 1.93 bits per heavy atom. The maximum Gasteiger partial charge on any atom is 0.338 e. The van der Waals surface area contributed by atoms with E-state index in [4.69, 9.17) is 37.4 Å². The highest BCUT2D eigenvalue weighted by molar-refractivity contribution is 7.07. The van der Waals surface area contributed by atoms with Crippen molar-refractivity contribution >= 4 is 46.6 Å². The monoisotopic (exact) mass is 602 g/mol. The number of unbranched alkanes of at least 4 members (excludes halogenated alkanes) is 1. The van der Waals surface area contributed by atoms with E-state index in [0.29, 0.717) is 54.3 Å². The average molecular weight is 604 g/mol. The molecule has 2 heterocycles. The van der Waals surface area contributed by atoms with Gasteiger partial charge < -0.3 is 14.2 Å². The van der Waals surface area contributed by atoms with E-state index in [9.17, 15) is 9.59 Å². The van der Waals surface area contributed by atoms with Crippen LogP contribution in [-0.2, 0) is 9.53 Å². The first-order valence-corrected chi connectivity index (χ1v) is 14.7. The summed E-state index contributed by atoms with van der Waals surface area (Å²) in [5.41, 5.74) is 1.90. The Morgan fingerprint density at radius 3 is 2.60 bits per heavy atom. The van der Waals surface area contributed by atoms with Gasteiger partial charge in [0.05, 0.1) is 52.2 Å². The van der Waals surface area contributed by atoms with Crippen LogP contribution >= 0.6 is 34.5 Å². The van der Waals surface area contributed by atoms with Crippen LogP contribution in [0.4, 0.5) is 0 Å². The van der Waals surface area contributed by atoms with Crippen molar-refractivity contribution in [3.05, 3.63) is 88.5 Å². The van der Waals surface area contributed by atoms with Gasteiger partial charge in [-0.25, -0.2) is 9.79 Å². The molecule has 1 aromatic heterocycles. The largest absolute Gasteiger partial charge is 0.493 e. The highest BCUT2D eigenvalue weighted by Gasteiger charge is 2.34. The van der Waals surface area contributed by atoms with Crippen molar-refractivity contribution < 1.29 is 19.0 Å². The third kappa shape index (κ3) is 6.45. The molecule has 0 saturated carbocycles. The molecule has 0 bridgehead atoms. The predicted octanol–water partition coefficient (Wildman–Crippen LogP) is 5.93. The number of nitrogens with zero attached hydrogens (tertiary/aromatic N) is 2. The highest BCUT2D eigenvalue weighted by Crippen LogP contribution is 2.36. The maximum atomic E-state index is 13.9. The van der Waals surface area contributed by atoms with Gasteiger partial charge in [-0.2, -0.15) is 0 Å². The molecule has 7 nitrogen and oxygen atoms in total. The summed E-state index contributed by atoms with van der Waals surface area (Å²) in [5.74, 6) is 0.740. The van der Waals surface area contributed by atoms with E-state index in [-0.39, 0.29) is 18.1 Å². The molecule has 4 rings (SSSR count). The van der Waals surface area contributed by atoms with Gasteiger partial charge in [-0.15, -0.1) is 0 Å². The first-order valence-electron chi connectivity index (χ1n) is 13.1. The molecular formula is C30H32Cl2N2O5S. The van der Waals surface area contributed by atoms with Crippen LogP contribution in [0.2, 0.25) is 10.0 Å².